The van der Waals surface area contributed by atoms with Crippen molar-refractivity contribution >= 4 is 62.5 Å². The zero-order valence-electron chi connectivity index (χ0n) is 18.8. The minimum Gasteiger partial charge on any atom is -0.497 e. The van der Waals surface area contributed by atoms with Gasteiger partial charge in [-0.1, -0.05) is 11.8 Å². The molecule has 0 radical (unpaired) electrons. The van der Waals surface area contributed by atoms with E-state index >= 15 is 0 Å². The Labute approximate surface area is 209 Å². The molecule has 4 rings (SSSR count). The number of benzene rings is 3. The largest absolute Gasteiger partial charge is 0.497 e. The van der Waals surface area contributed by atoms with Gasteiger partial charge in [0.25, 0.3) is 5.69 Å². The van der Waals surface area contributed by atoms with Crippen LogP contribution in [-0.2, 0) is 4.79 Å². The molecule has 0 saturated heterocycles. The molecular weight excluding hydrogens is 488 g/mol. The molecule has 178 valence electrons. The van der Waals surface area contributed by atoms with Gasteiger partial charge in [0.05, 0.1) is 46.5 Å². The molecule has 0 aliphatic carbocycles. The van der Waals surface area contributed by atoms with Crippen molar-refractivity contribution in [2.75, 3.05) is 25.3 Å². The molecule has 4 aromatic rings. The lowest BCUT2D eigenvalue weighted by Crippen LogP contribution is -2.14. The number of carbonyl (C=O) groups is 1. The minimum atomic E-state index is -0.437. The second kappa shape index (κ2) is 11.0. The lowest BCUT2D eigenvalue weighted by Gasteiger charge is -2.11. The average molecular weight is 509 g/mol. The van der Waals surface area contributed by atoms with Crippen molar-refractivity contribution in [3.8, 4) is 11.5 Å². The Morgan fingerprint density at radius 1 is 1.14 bits per heavy atom. The number of aromatic nitrogens is 1. The van der Waals surface area contributed by atoms with Gasteiger partial charge in [0.2, 0.25) is 5.91 Å². The van der Waals surface area contributed by atoms with Gasteiger partial charge in [0.1, 0.15) is 11.5 Å². The van der Waals surface area contributed by atoms with Crippen LogP contribution in [0.15, 0.2) is 70.0 Å². The molecule has 0 aliphatic heterocycles. The van der Waals surface area contributed by atoms with Crippen LogP contribution in [0.5, 0.6) is 11.5 Å². The fourth-order valence-corrected chi connectivity index (χ4v) is 4.99. The Morgan fingerprint density at radius 3 is 2.66 bits per heavy atom. The van der Waals surface area contributed by atoms with Crippen molar-refractivity contribution in [2.45, 2.75) is 4.34 Å². The van der Waals surface area contributed by atoms with Crippen LogP contribution in [0.1, 0.15) is 5.56 Å². The maximum Gasteiger partial charge on any atom is 0.269 e. The van der Waals surface area contributed by atoms with Gasteiger partial charge in [-0.15, -0.1) is 11.3 Å². The van der Waals surface area contributed by atoms with E-state index < -0.39 is 4.92 Å². The van der Waals surface area contributed by atoms with Gasteiger partial charge in [0.15, 0.2) is 4.34 Å². The van der Waals surface area contributed by atoms with Crippen LogP contribution in [0.4, 0.5) is 17.1 Å². The van der Waals surface area contributed by atoms with Gasteiger partial charge in [-0.25, -0.2) is 4.98 Å². The topological polar surface area (TPSA) is 116 Å². The molecule has 1 heterocycles. The summed E-state index contributed by atoms with van der Waals surface area (Å²) < 4.78 is 12.2. The lowest BCUT2D eigenvalue weighted by molar-refractivity contribution is -0.384. The Kier molecular flexibility index (Phi) is 7.58. The predicted octanol–water partition coefficient (Wildman–Crippen LogP) is 5.70. The number of rotatable bonds is 9. The number of aliphatic imine (C=N–C) groups is 1. The first-order valence-corrected chi connectivity index (χ1v) is 12.1. The number of ether oxygens (including phenoxy) is 2. The number of nitro groups is 1. The number of nitrogens with zero attached hydrogens (tertiary/aromatic N) is 3. The Morgan fingerprint density at radius 2 is 1.94 bits per heavy atom. The fraction of sp³-hybridized carbons (Fsp3) is 0.125. The molecule has 1 amide bonds. The van der Waals surface area contributed by atoms with Crippen LogP contribution in [0.3, 0.4) is 0 Å². The summed E-state index contributed by atoms with van der Waals surface area (Å²) in [6.45, 7) is 0. The van der Waals surface area contributed by atoms with Crippen molar-refractivity contribution < 1.29 is 19.2 Å². The SMILES string of the molecule is COc1ccc(OC)c(NC(=O)CSc2nc3ccc(N=Cc4ccc([N+](=O)[O-])cc4)cc3s2)c1. The van der Waals surface area contributed by atoms with Crippen molar-refractivity contribution in [1.82, 2.24) is 4.98 Å². The molecule has 9 nitrogen and oxygen atoms in total. The van der Waals surface area contributed by atoms with Crippen molar-refractivity contribution in [3.05, 3.63) is 76.3 Å². The zero-order chi connectivity index (χ0) is 24.8. The summed E-state index contributed by atoms with van der Waals surface area (Å²) in [5.41, 5.74) is 2.89. The van der Waals surface area contributed by atoms with E-state index in [1.807, 2.05) is 18.2 Å². The van der Waals surface area contributed by atoms with Gasteiger partial charge in [-0.2, -0.15) is 0 Å². The number of non-ortho nitro benzene ring substituents is 1. The number of nitro benzene ring substituents is 1. The normalized spacial score (nSPS) is 11.0. The molecule has 0 fully saturated rings. The second-order valence-corrected chi connectivity index (χ2v) is 9.39. The van der Waals surface area contributed by atoms with Crippen molar-refractivity contribution in [1.29, 1.82) is 0 Å². The number of hydrogen-bond acceptors (Lipinski definition) is 9. The van der Waals surface area contributed by atoms with E-state index in [1.54, 1.807) is 43.7 Å². The molecule has 0 aliphatic rings. The molecule has 1 aromatic heterocycles. The quantitative estimate of drug-likeness (QED) is 0.133. The number of amides is 1. The molecule has 0 saturated carbocycles. The van der Waals surface area contributed by atoms with E-state index in [1.165, 1.54) is 42.3 Å². The average Bonchev–Trinajstić information content (AvgIpc) is 3.28. The highest BCUT2D eigenvalue weighted by Crippen LogP contribution is 2.33. The molecule has 35 heavy (non-hydrogen) atoms. The predicted molar refractivity (Wildman–Crippen MR) is 139 cm³/mol. The number of nitrogens with one attached hydrogen (secondary N) is 1. The second-order valence-electron chi connectivity index (χ2n) is 7.14. The number of carbonyl (C=O) groups excluding carboxylic acids is 1. The minimum absolute atomic E-state index is 0.0366. The molecule has 3 aromatic carbocycles. The maximum atomic E-state index is 12.5. The molecule has 0 atom stereocenters. The number of thioether (sulfide) groups is 1. The summed E-state index contributed by atoms with van der Waals surface area (Å²) in [7, 11) is 3.10. The highest BCUT2D eigenvalue weighted by Gasteiger charge is 2.12. The molecule has 11 heteroatoms. The van der Waals surface area contributed by atoms with Gasteiger partial charge >= 0.3 is 0 Å². The van der Waals surface area contributed by atoms with Crippen molar-refractivity contribution in [3.63, 3.8) is 0 Å². The van der Waals surface area contributed by atoms with E-state index in [4.69, 9.17) is 9.47 Å². The molecule has 0 bridgehead atoms. The molecule has 0 spiro atoms. The van der Waals surface area contributed by atoms with Crippen molar-refractivity contribution in [2.24, 2.45) is 4.99 Å². The Hall–Kier alpha value is -3.96. The smallest absolute Gasteiger partial charge is 0.269 e. The standard InChI is InChI=1S/C24H20N4O5S2/c1-32-18-8-10-21(33-2)20(12-18)26-23(29)14-34-24-27-19-9-5-16(11-22(19)35-24)25-13-15-3-6-17(7-4-15)28(30)31/h3-13H,14H2,1-2H3,(H,26,29). The third-order valence-corrected chi connectivity index (χ3v) is 6.99. The van der Waals surface area contributed by atoms with Crippen LogP contribution in [0.2, 0.25) is 0 Å². The number of fused-ring (bicyclic) bond motifs is 1. The molecular formula is C24H20N4O5S2. The van der Waals surface area contributed by atoms with Gasteiger partial charge in [0, 0.05) is 24.4 Å². The summed E-state index contributed by atoms with van der Waals surface area (Å²) in [6.07, 6.45) is 1.65. The van der Waals surface area contributed by atoms with Gasteiger partial charge < -0.3 is 14.8 Å². The van der Waals surface area contributed by atoms with Crippen LogP contribution >= 0.6 is 23.1 Å². The monoisotopic (exact) mass is 508 g/mol. The van der Waals surface area contributed by atoms with E-state index in [2.05, 4.69) is 15.3 Å². The third-order valence-electron chi connectivity index (χ3n) is 4.83. The molecule has 1 N–H and O–H groups in total. The van der Waals surface area contributed by atoms with Crippen LogP contribution in [-0.4, -0.2) is 42.0 Å². The van der Waals surface area contributed by atoms with E-state index in [0.717, 1.165) is 25.8 Å². The third kappa shape index (κ3) is 6.14. The number of thiazole rings is 1. The lowest BCUT2D eigenvalue weighted by atomic mass is 10.2. The van der Waals surface area contributed by atoms with Crippen LogP contribution in [0, 0.1) is 10.1 Å². The first kappa shape index (κ1) is 24.2. The van der Waals surface area contributed by atoms with Crippen LogP contribution in [0.25, 0.3) is 10.2 Å². The first-order chi connectivity index (χ1) is 16.9. The summed E-state index contributed by atoms with van der Waals surface area (Å²) >= 11 is 2.83. The first-order valence-electron chi connectivity index (χ1n) is 10.3. The highest BCUT2D eigenvalue weighted by atomic mass is 32.2. The fourth-order valence-electron chi connectivity index (χ4n) is 3.09. The van der Waals surface area contributed by atoms with Gasteiger partial charge in [-0.05, 0) is 48.0 Å². The van der Waals surface area contributed by atoms with E-state index in [-0.39, 0.29) is 17.3 Å². The van der Waals surface area contributed by atoms with Gasteiger partial charge in [-0.3, -0.25) is 19.9 Å². The molecule has 0 unspecified atom stereocenters. The Balaban J connectivity index is 1.39. The summed E-state index contributed by atoms with van der Waals surface area (Å²) in [5.74, 6) is 1.16. The highest BCUT2D eigenvalue weighted by molar-refractivity contribution is 8.01. The zero-order valence-corrected chi connectivity index (χ0v) is 20.4. The summed E-state index contributed by atoms with van der Waals surface area (Å²) in [6, 6.07) is 17.0. The number of anilines is 1. The number of methoxy groups -OCH3 is 2. The summed E-state index contributed by atoms with van der Waals surface area (Å²) in [4.78, 5) is 31.9. The maximum absolute atomic E-state index is 12.5. The Bertz CT molecular complexity index is 1400. The summed E-state index contributed by atoms with van der Waals surface area (Å²) in [5, 5.41) is 13.6. The van der Waals surface area contributed by atoms with E-state index in [0.29, 0.717) is 17.2 Å². The van der Waals surface area contributed by atoms with Crippen LogP contribution < -0.4 is 14.8 Å². The number of hydrogen-bond donors (Lipinski definition) is 1. The van der Waals surface area contributed by atoms with E-state index in [9.17, 15) is 14.9 Å².